The van der Waals surface area contributed by atoms with E-state index in [0.717, 1.165) is 43.0 Å². The van der Waals surface area contributed by atoms with E-state index < -0.39 is 11.7 Å². The van der Waals surface area contributed by atoms with E-state index >= 15 is 0 Å². The Morgan fingerprint density at radius 2 is 1.75 bits per heavy atom. The summed E-state index contributed by atoms with van der Waals surface area (Å²) in [7, 11) is 1.79. The van der Waals surface area contributed by atoms with Crippen molar-refractivity contribution in [1.29, 1.82) is 0 Å². The second kappa shape index (κ2) is 10.7. The van der Waals surface area contributed by atoms with Crippen molar-refractivity contribution in [3.05, 3.63) is 72.2 Å². The highest BCUT2D eigenvalue weighted by Gasteiger charge is 2.35. The second-order valence-electron chi connectivity index (χ2n) is 10.5. The van der Waals surface area contributed by atoms with Crippen molar-refractivity contribution in [1.82, 2.24) is 4.90 Å². The third-order valence-electron chi connectivity index (χ3n) is 6.53. The van der Waals surface area contributed by atoms with E-state index in [4.69, 9.17) is 14.5 Å². The number of carbonyl (C=O) groups excluding carboxylic acids is 1. The Hall–Kier alpha value is -3.35. The molecule has 0 N–H and O–H groups in total. The first-order chi connectivity index (χ1) is 17.1. The molecule has 0 saturated heterocycles. The first kappa shape index (κ1) is 25.7. The van der Waals surface area contributed by atoms with Gasteiger partial charge in [-0.15, -0.1) is 0 Å². The number of nitrogens with zero attached hydrogens (tertiary/aromatic N) is 3. The zero-order chi connectivity index (χ0) is 25.9. The number of rotatable bonds is 3. The summed E-state index contributed by atoms with van der Waals surface area (Å²) in [5, 5.41) is 0. The molecule has 0 atom stereocenters. The molecule has 0 aromatic heterocycles. The van der Waals surface area contributed by atoms with Crippen LogP contribution >= 0.6 is 0 Å². The van der Waals surface area contributed by atoms with E-state index in [9.17, 15) is 9.18 Å². The molecular formula is C29H36FN3O3. The number of para-hydroxylation sites is 1. The van der Waals surface area contributed by atoms with Crippen LogP contribution in [0.25, 0.3) is 0 Å². The minimum atomic E-state index is -0.633. The average Bonchev–Trinajstić information content (AvgIpc) is 2.96. The Kier molecular flexibility index (Phi) is 7.67. The van der Waals surface area contributed by atoms with Crippen LogP contribution in [0.15, 0.2) is 65.8 Å². The Balaban J connectivity index is 1.55. The van der Waals surface area contributed by atoms with Crippen molar-refractivity contribution < 1.29 is 18.7 Å². The summed E-state index contributed by atoms with van der Waals surface area (Å²) in [6, 6.07) is 14.6. The number of anilines is 1. The maximum atomic E-state index is 14.3. The quantitative estimate of drug-likeness (QED) is 0.359. The molecule has 1 fully saturated rings. The number of aliphatic imine (C=N–C) groups is 1. The Bertz CT molecular complexity index is 1120. The third kappa shape index (κ3) is 6.07. The van der Waals surface area contributed by atoms with Crippen LogP contribution < -0.4 is 9.64 Å². The number of hydrogen-bond acceptors (Lipinski definition) is 4. The monoisotopic (exact) mass is 493 g/mol. The summed E-state index contributed by atoms with van der Waals surface area (Å²) < 4.78 is 26.1. The SMILES string of the molecule is C=C1CN(C(=O)OC(C)(C)C)Cc2cc(F)ccc2N1C(=NC)C1CCC(Oc2ccccc2)CC1. The van der Waals surface area contributed by atoms with E-state index in [-0.39, 0.29) is 30.9 Å². The van der Waals surface area contributed by atoms with Gasteiger partial charge in [0.2, 0.25) is 0 Å². The lowest BCUT2D eigenvalue weighted by Gasteiger charge is -2.36. The molecule has 1 aliphatic heterocycles. The van der Waals surface area contributed by atoms with Gasteiger partial charge in [-0.1, -0.05) is 24.8 Å². The highest BCUT2D eigenvalue weighted by atomic mass is 19.1. The summed E-state index contributed by atoms with van der Waals surface area (Å²) in [6.07, 6.45) is 3.38. The molecule has 7 heteroatoms. The van der Waals surface area contributed by atoms with Crippen LogP contribution in [0.4, 0.5) is 14.9 Å². The van der Waals surface area contributed by atoms with Crippen LogP contribution in [0.1, 0.15) is 52.0 Å². The highest BCUT2D eigenvalue weighted by molar-refractivity contribution is 6.03. The zero-order valence-corrected chi connectivity index (χ0v) is 21.7. The molecule has 36 heavy (non-hydrogen) atoms. The van der Waals surface area contributed by atoms with Crippen molar-refractivity contribution in [2.24, 2.45) is 10.9 Å². The fraction of sp³-hybridized carbons (Fsp3) is 0.448. The molecule has 1 aliphatic carbocycles. The summed E-state index contributed by atoms with van der Waals surface area (Å²) in [6.45, 7) is 10.3. The maximum absolute atomic E-state index is 14.3. The van der Waals surface area contributed by atoms with Gasteiger partial charge in [-0.3, -0.25) is 9.89 Å². The summed E-state index contributed by atoms with van der Waals surface area (Å²) >= 11 is 0. The number of hydrogen-bond donors (Lipinski definition) is 0. The summed E-state index contributed by atoms with van der Waals surface area (Å²) in [5.41, 5.74) is 1.57. The second-order valence-corrected chi connectivity index (χ2v) is 10.5. The van der Waals surface area contributed by atoms with Gasteiger partial charge in [0.25, 0.3) is 0 Å². The fourth-order valence-electron chi connectivity index (χ4n) is 4.96. The number of amides is 1. The van der Waals surface area contributed by atoms with Crippen molar-refractivity contribution in [2.45, 2.75) is 64.7 Å². The van der Waals surface area contributed by atoms with Gasteiger partial charge in [-0.05, 0) is 82.3 Å². The van der Waals surface area contributed by atoms with Gasteiger partial charge in [-0.2, -0.15) is 0 Å². The first-order valence-corrected chi connectivity index (χ1v) is 12.6. The Labute approximate surface area is 213 Å². The predicted octanol–water partition coefficient (Wildman–Crippen LogP) is 6.56. The minimum Gasteiger partial charge on any atom is -0.490 e. The number of halogens is 1. The Morgan fingerprint density at radius 1 is 1.06 bits per heavy atom. The van der Waals surface area contributed by atoms with E-state index in [1.165, 1.54) is 12.1 Å². The first-order valence-electron chi connectivity index (χ1n) is 12.6. The minimum absolute atomic E-state index is 0.165. The van der Waals surface area contributed by atoms with Crippen molar-refractivity contribution in [3.63, 3.8) is 0 Å². The third-order valence-corrected chi connectivity index (χ3v) is 6.53. The molecule has 2 aliphatic rings. The lowest BCUT2D eigenvalue weighted by atomic mass is 9.85. The number of amidine groups is 1. The maximum Gasteiger partial charge on any atom is 0.410 e. The lowest BCUT2D eigenvalue weighted by Crippen LogP contribution is -2.41. The number of carbonyl (C=O) groups is 1. The van der Waals surface area contributed by atoms with Gasteiger partial charge in [-0.25, -0.2) is 9.18 Å². The van der Waals surface area contributed by atoms with Gasteiger partial charge < -0.3 is 14.4 Å². The Morgan fingerprint density at radius 3 is 2.39 bits per heavy atom. The zero-order valence-electron chi connectivity index (χ0n) is 21.7. The van der Waals surface area contributed by atoms with E-state index in [1.54, 1.807) is 18.0 Å². The largest absolute Gasteiger partial charge is 0.490 e. The molecule has 2 aromatic carbocycles. The number of fused-ring (bicyclic) bond motifs is 1. The van der Waals surface area contributed by atoms with Gasteiger partial charge in [0, 0.05) is 18.7 Å². The molecular weight excluding hydrogens is 457 g/mol. The van der Waals surface area contributed by atoms with Crippen LogP contribution in [0.5, 0.6) is 5.75 Å². The van der Waals surface area contributed by atoms with Crippen molar-refractivity contribution in [2.75, 3.05) is 18.5 Å². The van der Waals surface area contributed by atoms with Crippen LogP contribution in [0, 0.1) is 11.7 Å². The molecule has 6 nitrogen and oxygen atoms in total. The van der Waals surface area contributed by atoms with E-state index in [2.05, 4.69) is 6.58 Å². The molecule has 1 amide bonds. The molecule has 1 saturated carbocycles. The van der Waals surface area contributed by atoms with Gasteiger partial charge in [0.05, 0.1) is 24.9 Å². The lowest BCUT2D eigenvalue weighted by molar-refractivity contribution is 0.0254. The number of benzene rings is 2. The van der Waals surface area contributed by atoms with Crippen LogP contribution in [-0.4, -0.2) is 42.1 Å². The molecule has 1 heterocycles. The van der Waals surface area contributed by atoms with Gasteiger partial charge >= 0.3 is 6.09 Å². The molecule has 0 radical (unpaired) electrons. The van der Waals surface area contributed by atoms with Crippen LogP contribution in [0.3, 0.4) is 0 Å². The normalized spacial score (nSPS) is 21.0. The molecule has 0 bridgehead atoms. The molecule has 4 rings (SSSR count). The molecule has 2 aromatic rings. The molecule has 192 valence electrons. The summed E-state index contributed by atoms with van der Waals surface area (Å²) in [5.74, 6) is 1.63. The van der Waals surface area contributed by atoms with Crippen LogP contribution in [0.2, 0.25) is 0 Å². The fourth-order valence-corrected chi connectivity index (χ4v) is 4.96. The molecule has 0 spiro atoms. The van der Waals surface area contributed by atoms with Gasteiger partial charge in [0.15, 0.2) is 0 Å². The topological polar surface area (TPSA) is 54.4 Å². The molecule has 0 unspecified atom stereocenters. The van der Waals surface area contributed by atoms with E-state index in [1.807, 2.05) is 56.0 Å². The van der Waals surface area contributed by atoms with E-state index in [0.29, 0.717) is 11.3 Å². The van der Waals surface area contributed by atoms with Crippen molar-refractivity contribution in [3.8, 4) is 5.75 Å². The van der Waals surface area contributed by atoms with Crippen LogP contribution in [-0.2, 0) is 11.3 Å². The summed E-state index contributed by atoms with van der Waals surface area (Å²) in [4.78, 5) is 21.2. The standard InChI is InChI=1S/C29H36FN3O3/c1-20-18-32(28(34)36-29(2,3)4)19-22-17-23(30)13-16-26(22)33(20)27(31-5)21-11-14-25(15-12-21)35-24-9-7-6-8-10-24/h6-10,13,16-17,21,25H,1,11-12,14-15,18-19H2,2-5H3. The van der Waals surface area contributed by atoms with Crippen molar-refractivity contribution >= 4 is 17.6 Å². The van der Waals surface area contributed by atoms with Gasteiger partial charge in [0.1, 0.15) is 23.0 Å². The highest BCUT2D eigenvalue weighted by Crippen LogP contribution is 2.36. The smallest absolute Gasteiger partial charge is 0.410 e. The predicted molar refractivity (Wildman–Crippen MR) is 141 cm³/mol. The average molecular weight is 494 g/mol. The number of ether oxygens (including phenoxy) is 2.